The number of hydrogen-bond acceptors (Lipinski definition) is 5. The van der Waals surface area contributed by atoms with E-state index in [4.69, 9.17) is 4.98 Å². The summed E-state index contributed by atoms with van der Waals surface area (Å²) in [4.78, 5) is 22.8. The molecule has 0 unspecified atom stereocenters. The van der Waals surface area contributed by atoms with Crippen LogP contribution in [0.15, 0.2) is 58.7 Å². The summed E-state index contributed by atoms with van der Waals surface area (Å²) in [5.74, 6) is 0.485. The minimum absolute atomic E-state index is 0.0746. The van der Waals surface area contributed by atoms with Crippen molar-refractivity contribution in [3.05, 3.63) is 75.8 Å². The molecule has 1 saturated carbocycles. The molecule has 2 heterocycles. The summed E-state index contributed by atoms with van der Waals surface area (Å²) in [6, 6.07) is 12.2. The van der Waals surface area contributed by atoms with Crippen molar-refractivity contribution in [2.45, 2.75) is 57.4 Å². The highest BCUT2D eigenvalue weighted by molar-refractivity contribution is 5.79. The van der Waals surface area contributed by atoms with Crippen LogP contribution in [0.5, 0.6) is 0 Å². The zero-order valence-electron chi connectivity index (χ0n) is 17.8. The normalized spacial score (nSPS) is 16.8. The topological polar surface area (TPSA) is 72.2 Å². The maximum absolute atomic E-state index is 13.8. The summed E-state index contributed by atoms with van der Waals surface area (Å²) < 4.78 is 1.73. The number of nitrogens with zero attached hydrogens (tertiary/aromatic N) is 4. The fourth-order valence-electron chi connectivity index (χ4n) is 5.23. The molecule has 6 nitrogen and oxygen atoms in total. The molecule has 1 aromatic carbocycles. The molecule has 31 heavy (non-hydrogen) atoms. The zero-order valence-corrected chi connectivity index (χ0v) is 17.8. The van der Waals surface area contributed by atoms with Crippen LogP contribution in [0.4, 0.5) is 5.95 Å². The molecule has 2 aliphatic rings. The molecule has 158 valence electrons. The molecule has 0 saturated heterocycles. The Balaban J connectivity index is 1.64. The van der Waals surface area contributed by atoms with Gasteiger partial charge in [0.15, 0.2) is 0 Å². The molecule has 0 bridgehead atoms. The molecule has 1 fully saturated rings. The molecule has 0 aliphatic heterocycles. The number of rotatable bonds is 4. The van der Waals surface area contributed by atoms with Gasteiger partial charge in [-0.25, -0.2) is 10.4 Å². The Hall–Kier alpha value is -3.28. The van der Waals surface area contributed by atoms with Crippen LogP contribution in [-0.4, -0.2) is 20.7 Å². The second-order valence-corrected chi connectivity index (χ2v) is 8.53. The van der Waals surface area contributed by atoms with Gasteiger partial charge < -0.3 is 0 Å². The van der Waals surface area contributed by atoms with Crippen LogP contribution in [-0.2, 0) is 18.4 Å². The standard InChI is InChI=1S/C25H27N5O/c1-2-30-23(31)21-22(28-24(30)29-27-17-18-10-14-26-15-11-18)20-9-5-4-8-19(20)16-25(21)12-6-3-7-13-25/h4-5,8-11,14-15,17H,2-3,6-7,12-13,16H2,1H3,(H,28,29). The molecular formula is C25H27N5O. The number of anilines is 1. The first kappa shape index (κ1) is 19.7. The van der Waals surface area contributed by atoms with Gasteiger partial charge >= 0.3 is 0 Å². The van der Waals surface area contributed by atoms with E-state index < -0.39 is 0 Å². The van der Waals surface area contributed by atoms with Gasteiger partial charge in [-0.2, -0.15) is 5.10 Å². The van der Waals surface area contributed by atoms with Crippen LogP contribution in [0.3, 0.4) is 0 Å². The molecule has 5 rings (SSSR count). The molecular weight excluding hydrogens is 386 g/mol. The zero-order chi connectivity index (χ0) is 21.3. The van der Waals surface area contributed by atoms with Crippen molar-refractivity contribution >= 4 is 12.2 Å². The lowest BCUT2D eigenvalue weighted by Gasteiger charge is -2.42. The Bertz CT molecular complexity index is 1180. The van der Waals surface area contributed by atoms with Gasteiger partial charge in [0, 0.05) is 29.9 Å². The third kappa shape index (κ3) is 3.46. The number of hydrazone groups is 1. The molecule has 1 N–H and O–H groups in total. The maximum Gasteiger partial charge on any atom is 0.259 e. The van der Waals surface area contributed by atoms with Crippen LogP contribution in [0, 0.1) is 0 Å². The fourth-order valence-corrected chi connectivity index (χ4v) is 5.23. The van der Waals surface area contributed by atoms with Crippen molar-refractivity contribution in [3.8, 4) is 11.3 Å². The lowest BCUT2D eigenvalue weighted by molar-refractivity contribution is 0.283. The minimum Gasteiger partial charge on any atom is -0.277 e. The molecule has 0 atom stereocenters. The van der Waals surface area contributed by atoms with E-state index in [0.29, 0.717) is 12.5 Å². The third-order valence-corrected chi connectivity index (χ3v) is 6.71. The average Bonchev–Trinajstić information content (AvgIpc) is 2.80. The molecule has 2 aliphatic carbocycles. The molecule has 3 aromatic rings. The molecule has 1 spiro atoms. The van der Waals surface area contributed by atoms with Gasteiger partial charge in [-0.15, -0.1) is 0 Å². The number of benzene rings is 1. The van der Waals surface area contributed by atoms with E-state index in [0.717, 1.165) is 41.6 Å². The van der Waals surface area contributed by atoms with Crippen LogP contribution in [0.2, 0.25) is 0 Å². The molecule has 2 aromatic heterocycles. The van der Waals surface area contributed by atoms with Crippen molar-refractivity contribution in [1.82, 2.24) is 14.5 Å². The van der Waals surface area contributed by atoms with Crippen LogP contribution < -0.4 is 11.0 Å². The van der Waals surface area contributed by atoms with Crippen molar-refractivity contribution < 1.29 is 0 Å². The van der Waals surface area contributed by atoms with Gasteiger partial charge in [-0.05, 0) is 49.4 Å². The second-order valence-electron chi connectivity index (χ2n) is 8.53. The van der Waals surface area contributed by atoms with E-state index in [2.05, 4.69) is 33.7 Å². The van der Waals surface area contributed by atoms with E-state index in [9.17, 15) is 4.79 Å². The molecule has 0 amide bonds. The minimum atomic E-state index is -0.0955. The van der Waals surface area contributed by atoms with E-state index >= 15 is 0 Å². The second kappa shape index (κ2) is 8.10. The number of pyridine rings is 1. The van der Waals surface area contributed by atoms with Gasteiger partial charge in [-0.1, -0.05) is 43.5 Å². The number of aromatic nitrogens is 3. The summed E-state index contributed by atoms with van der Waals surface area (Å²) >= 11 is 0. The van der Waals surface area contributed by atoms with Crippen LogP contribution in [0.25, 0.3) is 11.3 Å². The lowest BCUT2D eigenvalue weighted by Crippen LogP contribution is -2.43. The van der Waals surface area contributed by atoms with E-state index in [1.807, 2.05) is 25.1 Å². The van der Waals surface area contributed by atoms with Crippen molar-refractivity contribution in [1.29, 1.82) is 0 Å². The first-order chi connectivity index (χ1) is 15.2. The smallest absolute Gasteiger partial charge is 0.259 e. The van der Waals surface area contributed by atoms with E-state index in [1.54, 1.807) is 23.2 Å². The van der Waals surface area contributed by atoms with Gasteiger partial charge in [-0.3, -0.25) is 14.3 Å². The quantitative estimate of drug-likeness (QED) is 0.504. The first-order valence-corrected chi connectivity index (χ1v) is 11.1. The van der Waals surface area contributed by atoms with Crippen molar-refractivity contribution in [2.24, 2.45) is 5.10 Å². The van der Waals surface area contributed by atoms with Crippen LogP contribution in [0.1, 0.15) is 55.7 Å². The Morgan fingerprint density at radius 3 is 2.68 bits per heavy atom. The summed E-state index contributed by atoms with van der Waals surface area (Å²) in [6.45, 7) is 2.53. The highest BCUT2D eigenvalue weighted by atomic mass is 16.1. The lowest BCUT2D eigenvalue weighted by atomic mass is 9.62. The highest BCUT2D eigenvalue weighted by Gasteiger charge is 2.43. The van der Waals surface area contributed by atoms with Gasteiger partial charge in [0.1, 0.15) is 0 Å². The maximum atomic E-state index is 13.8. The Morgan fingerprint density at radius 1 is 1.13 bits per heavy atom. The first-order valence-electron chi connectivity index (χ1n) is 11.1. The highest BCUT2D eigenvalue weighted by Crippen LogP contribution is 2.48. The molecule has 0 radical (unpaired) electrons. The largest absolute Gasteiger partial charge is 0.277 e. The Morgan fingerprint density at radius 2 is 1.90 bits per heavy atom. The molecule has 6 heteroatoms. The number of nitrogens with one attached hydrogen (secondary N) is 1. The Kier molecular flexibility index (Phi) is 5.14. The average molecular weight is 414 g/mol. The summed E-state index contributed by atoms with van der Waals surface area (Å²) in [6.07, 6.45) is 11.8. The number of fused-ring (bicyclic) bond motifs is 4. The third-order valence-electron chi connectivity index (χ3n) is 6.71. The van der Waals surface area contributed by atoms with Gasteiger partial charge in [0.25, 0.3) is 5.56 Å². The summed E-state index contributed by atoms with van der Waals surface area (Å²) in [7, 11) is 0. The summed E-state index contributed by atoms with van der Waals surface area (Å²) in [5.41, 5.74) is 8.06. The SMILES string of the molecule is CCn1c(NN=Cc2ccncc2)nc2c(c1=O)C1(CCCCC1)Cc1ccccc1-2. The van der Waals surface area contributed by atoms with Crippen molar-refractivity contribution in [2.75, 3.05) is 5.43 Å². The summed E-state index contributed by atoms with van der Waals surface area (Å²) in [5, 5.41) is 4.35. The van der Waals surface area contributed by atoms with Crippen molar-refractivity contribution in [3.63, 3.8) is 0 Å². The fraction of sp³-hybridized carbons (Fsp3) is 0.360. The monoisotopic (exact) mass is 413 g/mol. The predicted molar refractivity (Wildman–Crippen MR) is 124 cm³/mol. The number of hydrogen-bond donors (Lipinski definition) is 1. The Labute approximate surface area is 182 Å². The van der Waals surface area contributed by atoms with Gasteiger partial charge in [0.2, 0.25) is 5.95 Å². The van der Waals surface area contributed by atoms with E-state index in [1.165, 1.54) is 24.8 Å². The predicted octanol–water partition coefficient (Wildman–Crippen LogP) is 4.53. The van der Waals surface area contributed by atoms with Gasteiger partial charge in [0.05, 0.1) is 17.5 Å². The van der Waals surface area contributed by atoms with Crippen LogP contribution >= 0.6 is 0 Å². The van der Waals surface area contributed by atoms with E-state index in [-0.39, 0.29) is 11.0 Å².